The summed E-state index contributed by atoms with van der Waals surface area (Å²) in [4.78, 5) is 25.3. The third kappa shape index (κ3) is 5.04. The van der Waals surface area contributed by atoms with Crippen LogP contribution in [0.15, 0.2) is 48.5 Å². The maximum atomic E-state index is 12.9. The van der Waals surface area contributed by atoms with E-state index >= 15 is 0 Å². The Morgan fingerprint density at radius 1 is 1.11 bits per heavy atom. The molecule has 28 heavy (non-hydrogen) atoms. The van der Waals surface area contributed by atoms with Gasteiger partial charge in [-0.05, 0) is 54.5 Å². The van der Waals surface area contributed by atoms with Crippen molar-refractivity contribution in [3.63, 3.8) is 0 Å². The van der Waals surface area contributed by atoms with E-state index in [2.05, 4.69) is 28.1 Å². The highest BCUT2D eigenvalue weighted by atomic mass is 35.5. The number of hydrogen-bond acceptors (Lipinski definition) is 2. The number of carbonyl (C=O) groups excluding carboxylic acids is 2. The molecule has 1 aliphatic carbocycles. The average Bonchev–Trinajstić information content (AvgIpc) is 2.66. The van der Waals surface area contributed by atoms with Gasteiger partial charge in [0.2, 0.25) is 5.91 Å². The zero-order valence-corrected chi connectivity index (χ0v) is 16.9. The van der Waals surface area contributed by atoms with Crippen LogP contribution in [0, 0.1) is 5.92 Å². The second-order valence-corrected chi connectivity index (χ2v) is 7.92. The first-order chi connectivity index (χ1) is 13.4. The van der Waals surface area contributed by atoms with E-state index in [9.17, 15) is 9.59 Å². The van der Waals surface area contributed by atoms with Crippen molar-refractivity contribution < 1.29 is 9.59 Å². The lowest BCUT2D eigenvalue weighted by molar-refractivity contribution is -0.124. The molecule has 0 spiro atoms. The Kier molecular flexibility index (Phi) is 6.57. The Morgan fingerprint density at radius 2 is 1.89 bits per heavy atom. The summed E-state index contributed by atoms with van der Waals surface area (Å²) in [6.07, 6.45) is 2.98. The molecule has 2 atom stereocenters. The van der Waals surface area contributed by atoms with Crippen molar-refractivity contribution in [2.24, 2.45) is 5.92 Å². The molecular formula is C22H26ClN3O2. The smallest absolute Gasteiger partial charge is 0.319 e. The molecule has 0 saturated heterocycles. The van der Waals surface area contributed by atoms with Gasteiger partial charge in [-0.15, -0.1) is 0 Å². The van der Waals surface area contributed by atoms with Gasteiger partial charge in [0.1, 0.15) is 6.04 Å². The van der Waals surface area contributed by atoms with E-state index in [4.69, 9.17) is 11.6 Å². The minimum absolute atomic E-state index is 0.0171. The molecule has 6 heteroatoms. The maximum Gasteiger partial charge on any atom is 0.319 e. The second kappa shape index (κ2) is 9.11. The largest absolute Gasteiger partial charge is 0.347 e. The van der Waals surface area contributed by atoms with E-state index < -0.39 is 12.1 Å². The van der Waals surface area contributed by atoms with Crippen LogP contribution in [0.5, 0.6) is 0 Å². The lowest BCUT2D eigenvalue weighted by Gasteiger charge is -2.29. The summed E-state index contributed by atoms with van der Waals surface area (Å²) in [5.74, 6) is -0.220. The van der Waals surface area contributed by atoms with Gasteiger partial charge in [0.25, 0.3) is 0 Å². The summed E-state index contributed by atoms with van der Waals surface area (Å²) in [6, 6.07) is 14.0. The van der Waals surface area contributed by atoms with Gasteiger partial charge < -0.3 is 16.0 Å². The quantitative estimate of drug-likeness (QED) is 0.683. The first-order valence-corrected chi connectivity index (χ1v) is 10.0. The van der Waals surface area contributed by atoms with Crippen LogP contribution in [-0.2, 0) is 11.2 Å². The minimum atomic E-state index is -0.631. The lowest BCUT2D eigenvalue weighted by Crippen LogP contribution is -2.51. The summed E-state index contributed by atoms with van der Waals surface area (Å²) in [6.45, 7) is 3.83. The van der Waals surface area contributed by atoms with E-state index in [1.54, 1.807) is 24.3 Å². The molecule has 2 aromatic carbocycles. The maximum absolute atomic E-state index is 12.9. The number of anilines is 1. The molecule has 0 radical (unpaired) electrons. The number of hydrogen-bond donors (Lipinski definition) is 3. The molecule has 0 heterocycles. The topological polar surface area (TPSA) is 70.2 Å². The highest BCUT2D eigenvalue weighted by Crippen LogP contribution is 2.29. The highest BCUT2D eigenvalue weighted by molar-refractivity contribution is 6.30. The molecule has 2 unspecified atom stereocenters. The van der Waals surface area contributed by atoms with E-state index in [0.717, 1.165) is 19.3 Å². The molecule has 3 N–H and O–H groups in total. The first-order valence-electron chi connectivity index (χ1n) is 9.65. The van der Waals surface area contributed by atoms with Crippen molar-refractivity contribution >= 4 is 29.2 Å². The summed E-state index contributed by atoms with van der Waals surface area (Å²) < 4.78 is 0. The summed E-state index contributed by atoms with van der Waals surface area (Å²) in [5, 5.41) is 9.19. The molecule has 148 valence electrons. The summed E-state index contributed by atoms with van der Waals surface area (Å²) in [7, 11) is 0. The molecule has 0 bridgehead atoms. The lowest BCUT2D eigenvalue weighted by atomic mass is 9.87. The Bertz CT molecular complexity index is 853. The van der Waals surface area contributed by atoms with Crippen LogP contribution in [0.3, 0.4) is 0 Å². The third-order valence-corrected chi connectivity index (χ3v) is 5.24. The third-order valence-electron chi connectivity index (χ3n) is 5.00. The Balaban J connectivity index is 1.65. The molecule has 0 saturated carbocycles. The molecule has 2 aromatic rings. The molecule has 0 aromatic heterocycles. The van der Waals surface area contributed by atoms with Gasteiger partial charge in [-0.2, -0.15) is 0 Å². The number of urea groups is 1. The van der Waals surface area contributed by atoms with E-state index in [1.165, 1.54) is 11.1 Å². The van der Waals surface area contributed by atoms with Crippen molar-refractivity contribution in [1.82, 2.24) is 10.6 Å². The van der Waals surface area contributed by atoms with Gasteiger partial charge in [0.05, 0.1) is 6.04 Å². The Morgan fingerprint density at radius 3 is 2.64 bits per heavy atom. The minimum Gasteiger partial charge on any atom is -0.347 e. The fraction of sp³-hybridized carbons (Fsp3) is 0.364. The van der Waals surface area contributed by atoms with Gasteiger partial charge in [-0.3, -0.25) is 4.79 Å². The molecule has 1 aliphatic rings. The highest BCUT2D eigenvalue weighted by Gasteiger charge is 2.28. The zero-order valence-electron chi connectivity index (χ0n) is 16.2. The average molecular weight is 400 g/mol. The van der Waals surface area contributed by atoms with Crippen molar-refractivity contribution in [2.75, 3.05) is 5.32 Å². The van der Waals surface area contributed by atoms with Crippen molar-refractivity contribution in [3.05, 3.63) is 64.7 Å². The number of benzene rings is 2. The van der Waals surface area contributed by atoms with Gasteiger partial charge in [-0.1, -0.05) is 55.8 Å². The summed E-state index contributed by atoms with van der Waals surface area (Å²) in [5.41, 5.74) is 3.04. The number of halogens is 1. The van der Waals surface area contributed by atoms with E-state index in [-0.39, 0.29) is 17.9 Å². The van der Waals surface area contributed by atoms with Gasteiger partial charge >= 0.3 is 6.03 Å². The number of aryl methyl sites for hydroxylation is 1. The standard InChI is InChI=1S/C22H26ClN3O2/c1-14(2)20(26-22(28)24-17-10-6-9-16(23)13-17)21(27)25-19-12-5-8-15-7-3-4-11-18(15)19/h3-4,6-7,9-11,13-14,19-20H,5,8,12H2,1-2H3,(H,25,27)(H2,24,26,28). The monoisotopic (exact) mass is 399 g/mol. The predicted molar refractivity (Wildman–Crippen MR) is 112 cm³/mol. The van der Waals surface area contributed by atoms with Crippen LogP contribution in [0.1, 0.15) is 43.9 Å². The SMILES string of the molecule is CC(C)C(NC(=O)Nc1cccc(Cl)c1)C(=O)NC1CCCc2ccccc21. The van der Waals surface area contributed by atoms with Crippen molar-refractivity contribution in [1.29, 1.82) is 0 Å². The zero-order chi connectivity index (χ0) is 20.1. The molecule has 0 fully saturated rings. The number of carbonyl (C=O) groups is 2. The molecule has 3 amide bonds. The Hall–Kier alpha value is -2.53. The van der Waals surface area contributed by atoms with Crippen LogP contribution in [-0.4, -0.2) is 18.0 Å². The molecule has 5 nitrogen and oxygen atoms in total. The van der Waals surface area contributed by atoms with E-state index in [1.807, 2.05) is 26.0 Å². The predicted octanol–water partition coefficient (Wildman–Crippen LogP) is 4.68. The number of nitrogens with one attached hydrogen (secondary N) is 3. The fourth-order valence-corrected chi connectivity index (χ4v) is 3.77. The molecule has 3 rings (SSSR count). The molecular weight excluding hydrogens is 374 g/mol. The van der Waals surface area contributed by atoms with Gasteiger partial charge in [-0.25, -0.2) is 4.79 Å². The van der Waals surface area contributed by atoms with Gasteiger partial charge in [0, 0.05) is 10.7 Å². The number of fused-ring (bicyclic) bond motifs is 1. The number of amides is 3. The fourth-order valence-electron chi connectivity index (χ4n) is 3.57. The van der Waals surface area contributed by atoms with Crippen LogP contribution in [0.4, 0.5) is 10.5 Å². The van der Waals surface area contributed by atoms with Crippen LogP contribution in [0.2, 0.25) is 5.02 Å². The second-order valence-electron chi connectivity index (χ2n) is 7.48. The molecule has 0 aliphatic heterocycles. The summed E-state index contributed by atoms with van der Waals surface area (Å²) >= 11 is 5.95. The first kappa shape index (κ1) is 20.2. The van der Waals surface area contributed by atoms with Crippen LogP contribution < -0.4 is 16.0 Å². The van der Waals surface area contributed by atoms with Crippen molar-refractivity contribution in [3.8, 4) is 0 Å². The Labute approximate surface area is 170 Å². The van der Waals surface area contributed by atoms with E-state index in [0.29, 0.717) is 10.7 Å². The normalized spacial score (nSPS) is 16.8. The number of rotatable bonds is 5. The van der Waals surface area contributed by atoms with Crippen molar-refractivity contribution in [2.45, 2.75) is 45.2 Å². The van der Waals surface area contributed by atoms with Gasteiger partial charge in [0.15, 0.2) is 0 Å². The van der Waals surface area contributed by atoms with Crippen LogP contribution >= 0.6 is 11.6 Å². The van der Waals surface area contributed by atoms with Crippen LogP contribution in [0.25, 0.3) is 0 Å².